The molecule has 0 saturated heterocycles. The van der Waals surface area contributed by atoms with Crippen molar-refractivity contribution in [3.05, 3.63) is 59.7 Å². The van der Waals surface area contributed by atoms with E-state index in [1.54, 1.807) is 7.11 Å². The van der Waals surface area contributed by atoms with Gasteiger partial charge in [0.2, 0.25) is 5.91 Å². The number of hydrogen-bond donors (Lipinski definition) is 1. The minimum atomic E-state index is -0.436. The van der Waals surface area contributed by atoms with Crippen LogP contribution in [0.3, 0.4) is 0 Å². The van der Waals surface area contributed by atoms with Gasteiger partial charge in [-0.05, 0) is 37.5 Å². The van der Waals surface area contributed by atoms with E-state index < -0.39 is 5.41 Å². The lowest BCUT2D eigenvalue weighted by molar-refractivity contribution is -0.118. The number of nitrogens with one attached hydrogen (secondary N) is 1. The molecule has 0 aliphatic heterocycles. The SMILES string of the molecule is COc1ccccc1C1(C(=O)Nc2ccccc2C)CC1. The highest BCUT2D eigenvalue weighted by Gasteiger charge is 2.52. The summed E-state index contributed by atoms with van der Waals surface area (Å²) >= 11 is 0. The van der Waals surface area contributed by atoms with Crippen molar-refractivity contribution in [1.29, 1.82) is 0 Å². The Bertz CT molecular complexity index is 674. The van der Waals surface area contributed by atoms with Gasteiger partial charge in [-0.25, -0.2) is 0 Å². The predicted molar refractivity (Wildman–Crippen MR) is 83.7 cm³/mol. The normalized spacial score (nSPS) is 15.3. The largest absolute Gasteiger partial charge is 0.496 e. The molecule has 1 saturated carbocycles. The van der Waals surface area contributed by atoms with Crippen molar-refractivity contribution in [2.45, 2.75) is 25.2 Å². The molecule has 0 bridgehead atoms. The fourth-order valence-corrected chi connectivity index (χ4v) is 2.74. The average Bonchev–Trinajstić information content (AvgIpc) is 3.31. The summed E-state index contributed by atoms with van der Waals surface area (Å²) in [5.74, 6) is 0.844. The third kappa shape index (κ3) is 2.40. The average molecular weight is 281 g/mol. The minimum Gasteiger partial charge on any atom is -0.496 e. The third-order valence-electron chi connectivity index (χ3n) is 4.20. The molecule has 1 aliphatic rings. The molecule has 1 fully saturated rings. The number of benzene rings is 2. The number of hydrogen-bond acceptors (Lipinski definition) is 2. The van der Waals surface area contributed by atoms with Crippen LogP contribution in [0.15, 0.2) is 48.5 Å². The van der Waals surface area contributed by atoms with Crippen LogP contribution in [-0.2, 0) is 10.2 Å². The molecule has 21 heavy (non-hydrogen) atoms. The second kappa shape index (κ2) is 5.24. The Labute approximate surface area is 124 Å². The summed E-state index contributed by atoms with van der Waals surface area (Å²) < 4.78 is 5.42. The molecule has 108 valence electrons. The van der Waals surface area contributed by atoms with E-state index in [1.807, 2.05) is 55.5 Å². The predicted octanol–water partition coefficient (Wildman–Crippen LogP) is 3.67. The lowest BCUT2D eigenvalue weighted by Crippen LogP contribution is -2.28. The fraction of sp³-hybridized carbons (Fsp3) is 0.278. The molecule has 0 heterocycles. The van der Waals surface area contributed by atoms with Gasteiger partial charge in [-0.3, -0.25) is 4.79 Å². The molecule has 1 aliphatic carbocycles. The maximum atomic E-state index is 12.8. The van der Waals surface area contributed by atoms with Crippen molar-refractivity contribution in [2.75, 3.05) is 12.4 Å². The highest BCUT2D eigenvalue weighted by atomic mass is 16.5. The van der Waals surface area contributed by atoms with Crippen LogP contribution < -0.4 is 10.1 Å². The van der Waals surface area contributed by atoms with Crippen molar-refractivity contribution in [3.63, 3.8) is 0 Å². The molecule has 0 spiro atoms. The smallest absolute Gasteiger partial charge is 0.235 e. The summed E-state index contributed by atoms with van der Waals surface area (Å²) in [6.45, 7) is 2.00. The van der Waals surface area contributed by atoms with Gasteiger partial charge in [0, 0.05) is 11.3 Å². The Hall–Kier alpha value is -2.29. The van der Waals surface area contributed by atoms with Crippen LogP contribution in [0, 0.1) is 6.92 Å². The zero-order valence-corrected chi connectivity index (χ0v) is 12.3. The number of anilines is 1. The van der Waals surface area contributed by atoms with Gasteiger partial charge in [0.1, 0.15) is 5.75 Å². The van der Waals surface area contributed by atoms with Crippen LogP contribution >= 0.6 is 0 Å². The van der Waals surface area contributed by atoms with Crippen molar-refractivity contribution >= 4 is 11.6 Å². The van der Waals surface area contributed by atoms with Crippen LogP contribution in [0.25, 0.3) is 0 Å². The summed E-state index contributed by atoms with van der Waals surface area (Å²) in [6, 6.07) is 15.6. The highest BCUT2D eigenvalue weighted by molar-refractivity contribution is 6.02. The molecule has 2 aromatic rings. The Morgan fingerprint density at radius 2 is 1.76 bits per heavy atom. The van der Waals surface area contributed by atoms with E-state index in [9.17, 15) is 4.79 Å². The first-order chi connectivity index (χ1) is 10.2. The van der Waals surface area contributed by atoms with Crippen molar-refractivity contribution in [2.24, 2.45) is 0 Å². The van der Waals surface area contributed by atoms with Crippen LogP contribution in [0.5, 0.6) is 5.75 Å². The topological polar surface area (TPSA) is 38.3 Å². The Balaban J connectivity index is 1.89. The summed E-state index contributed by atoms with van der Waals surface area (Å²) in [5, 5.41) is 3.07. The number of methoxy groups -OCH3 is 1. The van der Waals surface area contributed by atoms with Crippen molar-refractivity contribution in [1.82, 2.24) is 0 Å². The van der Waals surface area contributed by atoms with Gasteiger partial charge in [-0.1, -0.05) is 36.4 Å². The van der Waals surface area contributed by atoms with E-state index in [0.29, 0.717) is 0 Å². The second-order valence-corrected chi connectivity index (χ2v) is 5.55. The molecule has 3 nitrogen and oxygen atoms in total. The van der Waals surface area contributed by atoms with Crippen molar-refractivity contribution < 1.29 is 9.53 Å². The number of carbonyl (C=O) groups is 1. The summed E-state index contributed by atoms with van der Waals surface area (Å²) in [6.07, 6.45) is 1.73. The van der Waals surface area contributed by atoms with Crippen LogP contribution in [0.2, 0.25) is 0 Å². The fourth-order valence-electron chi connectivity index (χ4n) is 2.74. The van der Waals surface area contributed by atoms with Crippen LogP contribution in [0.4, 0.5) is 5.69 Å². The van der Waals surface area contributed by atoms with Crippen molar-refractivity contribution in [3.8, 4) is 5.75 Å². The van der Waals surface area contributed by atoms with Gasteiger partial charge >= 0.3 is 0 Å². The molecule has 1 N–H and O–H groups in total. The number of rotatable bonds is 4. The number of para-hydroxylation sites is 2. The zero-order chi connectivity index (χ0) is 14.9. The molecule has 0 aromatic heterocycles. The molecule has 3 heteroatoms. The number of ether oxygens (including phenoxy) is 1. The maximum absolute atomic E-state index is 12.8. The Morgan fingerprint density at radius 3 is 2.43 bits per heavy atom. The Kier molecular flexibility index (Phi) is 3.42. The monoisotopic (exact) mass is 281 g/mol. The minimum absolute atomic E-state index is 0.0568. The molecular formula is C18H19NO2. The van der Waals surface area contributed by atoms with Crippen LogP contribution in [0.1, 0.15) is 24.0 Å². The third-order valence-corrected chi connectivity index (χ3v) is 4.20. The van der Waals surface area contributed by atoms with E-state index in [-0.39, 0.29) is 5.91 Å². The lowest BCUT2D eigenvalue weighted by Gasteiger charge is -2.19. The Morgan fingerprint density at radius 1 is 1.10 bits per heavy atom. The van der Waals surface area contributed by atoms with Gasteiger partial charge < -0.3 is 10.1 Å². The van der Waals surface area contributed by atoms with E-state index in [0.717, 1.165) is 35.4 Å². The first kappa shape index (κ1) is 13.7. The van der Waals surface area contributed by atoms with Gasteiger partial charge in [0.25, 0.3) is 0 Å². The quantitative estimate of drug-likeness (QED) is 0.928. The van der Waals surface area contributed by atoms with E-state index >= 15 is 0 Å². The first-order valence-electron chi connectivity index (χ1n) is 7.18. The first-order valence-corrected chi connectivity index (χ1v) is 7.18. The number of amides is 1. The summed E-state index contributed by atoms with van der Waals surface area (Å²) in [5.41, 5.74) is 2.50. The molecule has 0 radical (unpaired) electrons. The van der Waals surface area contributed by atoms with Gasteiger partial charge in [-0.2, -0.15) is 0 Å². The van der Waals surface area contributed by atoms with E-state index in [1.165, 1.54) is 0 Å². The van der Waals surface area contributed by atoms with E-state index in [2.05, 4.69) is 5.32 Å². The molecule has 2 aromatic carbocycles. The number of carbonyl (C=O) groups excluding carboxylic acids is 1. The highest BCUT2D eigenvalue weighted by Crippen LogP contribution is 2.52. The lowest BCUT2D eigenvalue weighted by atomic mass is 9.93. The van der Waals surface area contributed by atoms with Gasteiger partial charge in [-0.15, -0.1) is 0 Å². The van der Waals surface area contributed by atoms with E-state index in [4.69, 9.17) is 4.74 Å². The van der Waals surface area contributed by atoms with Gasteiger partial charge in [0.15, 0.2) is 0 Å². The summed E-state index contributed by atoms with van der Waals surface area (Å²) in [4.78, 5) is 12.8. The molecule has 1 amide bonds. The van der Waals surface area contributed by atoms with Gasteiger partial charge in [0.05, 0.1) is 12.5 Å². The standard InChI is InChI=1S/C18H19NO2/c1-13-7-3-5-9-15(13)19-17(20)18(11-12-18)14-8-4-6-10-16(14)21-2/h3-10H,11-12H2,1-2H3,(H,19,20). The van der Waals surface area contributed by atoms with Crippen LogP contribution in [-0.4, -0.2) is 13.0 Å². The molecule has 0 unspecified atom stereocenters. The molecule has 0 atom stereocenters. The number of aryl methyl sites for hydroxylation is 1. The maximum Gasteiger partial charge on any atom is 0.235 e. The second-order valence-electron chi connectivity index (χ2n) is 5.55. The molecular weight excluding hydrogens is 262 g/mol. The molecule has 3 rings (SSSR count). The summed E-state index contributed by atoms with van der Waals surface area (Å²) in [7, 11) is 1.65. The zero-order valence-electron chi connectivity index (χ0n) is 12.3.